The van der Waals surface area contributed by atoms with Crippen LogP contribution < -0.4 is 10.1 Å². The lowest BCUT2D eigenvalue weighted by molar-refractivity contribution is 0.280. The van der Waals surface area contributed by atoms with Gasteiger partial charge in [-0.1, -0.05) is 18.2 Å². The van der Waals surface area contributed by atoms with Gasteiger partial charge in [0.25, 0.3) is 0 Å². The first-order valence-corrected chi connectivity index (χ1v) is 10.5. The van der Waals surface area contributed by atoms with Gasteiger partial charge in [-0.3, -0.25) is 0 Å². The predicted molar refractivity (Wildman–Crippen MR) is 98.5 cm³/mol. The molecule has 2 aliphatic rings. The van der Waals surface area contributed by atoms with Gasteiger partial charge in [0.05, 0.1) is 17.1 Å². The number of piperidine rings is 1. The first-order chi connectivity index (χ1) is 12.5. The molecule has 0 spiro atoms. The highest BCUT2D eigenvalue weighted by molar-refractivity contribution is 7.90. The molecule has 26 heavy (non-hydrogen) atoms. The lowest BCUT2D eigenvalue weighted by Gasteiger charge is -2.11. The van der Waals surface area contributed by atoms with Crippen molar-refractivity contribution in [2.24, 2.45) is 17.8 Å². The maximum Gasteiger partial charge on any atom is 0.175 e. The van der Waals surface area contributed by atoms with Crippen LogP contribution in [-0.2, 0) is 9.84 Å². The Balaban J connectivity index is 1.50. The second-order valence-electron chi connectivity index (χ2n) is 7.08. The molecule has 2 fully saturated rings. The molecule has 3 atom stereocenters. The maximum absolute atomic E-state index is 11.6. The molecule has 1 N–H and O–H groups in total. The van der Waals surface area contributed by atoms with Crippen molar-refractivity contribution in [3.63, 3.8) is 0 Å². The van der Waals surface area contributed by atoms with Gasteiger partial charge in [-0.2, -0.15) is 5.26 Å². The average molecular weight is 368 g/mol. The summed E-state index contributed by atoms with van der Waals surface area (Å²) in [5.41, 5.74) is 2.23. The van der Waals surface area contributed by atoms with Crippen molar-refractivity contribution in [2.75, 3.05) is 26.0 Å². The molecule has 134 valence electrons. The molecule has 4 rings (SSSR count). The number of nitrogens with zero attached hydrogens (tertiary/aromatic N) is 1. The molecule has 1 saturated carbocycles. The number of benzene rings is 2. The van der Waals surface area contributed by atoms with Crippen LogP contribution in [0.2, 0.25) is 0 Å². The molecule has 0 aromatic heterocycles. The van der Waals surface area contributed by atoms with Crippen molar-refractivity contribution in [3.05, 3.63) is 48.0 Å². The molecule has 2 aromatic rings. The smallest absolute Gasteiger partial charge is 0.175 e. The Kier molecular flexibility index (Phi) is 4.22. The lowest BCUT2D eigenvalue weighted by Crippen LogP contribution is -2.17. The molecule has 0 amide bonds. The minimum Gasteiger partial charge on any atom is -0.492 e. The van der Waals surface area contributed by atoms with Crippen molar-refractivity contribution in [1.82, 2.24) is 5.32 Å². The van der Waals surface area contributed by atoms with Crippen molar-refractivity contribution in [2.45, 2.75) is 4.90 Å². The predicted octanol–water partition coefficient (Wildman–Crippen LogP) is 2.47. The van der Waals surface area contributed by atoms with E-state index in [1.165, 1.54) is 6.26 Å². The minimum atomic E-state index is -3.21. The van der Waals surface area contributed by atoms with Crippen molar-refractivity contribution < 1.29 is 13.2 Å². The lowest BCUT2D eigenvalue weighted by atomic mass is 10.0. The summed E-state index contributed by atoms with van der Waals surface area (Å²) in [7, 11) is -3.21. The van der Waals surface area contributed by atoms with Gasteiger partial charge in [0.2, 0.25) is 0 Å². The molecule has 1 aliphatic carbocycles. The summed E-state index contributed by atoms with van der Waals surface area (Å²) < 4.78 is 29.0. The summed E-state index contributed by atoms with van der Waals surface area (Å²) in [6.45, 7) is 2.81. The van der Waals surface area contributed by atoms with Crippen LogP contribution in [0.1, 0.15) is 5.56 Å². The van der Waals surface area contributed by atoms with Crippen LogP contribution in [0.15, 0.2) is 47.4 Å². The third-order valence-corrected chi connectivity index (χ3v) is 6.54. The number of hydrogen-bond donors (Lipinski definition) is 1. The van der Waals surface area contributed by atoms with Gasteiger partial charge in [0, 0.05) is 12.2 Å². The van der Waals surface area contributed by atoms with Gasteiger partial charge in [0.1, 0.15) is 11.8 Å². The number of fused-ring (bicyclic) bond motifs is 1. The first kappa shape index (κ1) is 17.1. The van der Waals surface area contributed by atoms with Crippen molar-refractivity contribution in [3.8, 4) is 22.9 Å². The topological polar surface area (TPSA) is 79.2 Å². The molecule has 2 aromatic carbocycles. The first-order valence-electron chi connectivity index (χ1n) is 8.65. The summed E-state index contributed by atoms with van der Waals surface area (Å²) >= 11 is 0. The average Bonchev–Trinajstić information content (AvgIpc) is 3.06. The van der Waals surface area contributed by atoms with Gasteiger partial charge in [-0.25, -0.2) is 8.42 Å². The summed E-state index contributed by atoms with van der Waals surface area (Å²) in [6.07, 6.45) is 1.19. The van der Waals surface area contributed by atoms with Crippen LogP contribution in [-0.4, -0.2) is 34.4 Å². The molecular weight excluding hydrogens is 348 g/mol. The largest absolute Gasteiger partial charge is 0.492 e. The van der Waals surface area contributed by atoms with Gasteiger partial charge in [0.15, 0.2) is 9.84 Å². The zero-order valence-corrected chi connectivity index (χ0v) is 15.3. The van der Waals surface area contributed by atoms with E-state index in [-0.39, 0.29) is 4.90 Å². The van der Waals surface area contributed by atoms with Crippen LogP contribution in [0.4, 0.5) is 0 Å². The Morgan fingerprint density at radius 1 is 1.12 bits per heavy atom. The van der Waals surface area contributed by atoms with Crippen LogP contribution in [0.25, 0.3) is 11.1 Å². The fourth-order valence-electron chi connectivity index (χ4n) is 3.80. The van der Waals surface area contributed by atoms with Crippen LogP contribution in [0, 0.1) is 29.1 Å². The molecular formula is C20H20N2O3S. The Labute approximate surface area is 153 Å². The van der Waals surface area contributed by atoms with Gasteiger partial charge >= 0.3 is 0 Å². The van der Waals surface area contributed by atoms with Crippen LogP contribution in [0.5, 0.6) is 5.75 Å². The number of rotatable bonds is 5. The zero-order valence-electron chi connectivity index (χ0n) is 14.5. The van der Waals surface area contributed by atoms with E-state index in [1.54, 1.807) is 30.3 Å². The number of nitriles is 1. The van der Waals surface area contributed by atoms with E-state index in [1.807, 2.05) is 12.1 Å². The van der Waals surface area contributed by atoms with E-state index < -0.39 is 9.84 Å². The van der Waals surface area contributed by atoms with E-state index in [4.69, 9.17) is 4.74 Å². The van der Waals surface area contributed by atoms with E-state index in [0.717, 1.165) is 36.1 Å². The Morgan fingerprint density at radius 3 is 2.38 bits per heavy atom. The Bertz CT molecular complexity index is 967. The number of sulfone groups is 1. The highest BCUT2D eigenvalue weighted by Gasteiger charge is 2.53. The molecule has 6 heteroatoms. The van der Waals surface area contributed by atoms with Crippen LogP contribution in [0.3, 0.4) is 0 Å². The standard InChI is InChI=1S/C20H20N2O3S/c1-26(23,24)16-5-2-13(3-6-16)14-4-7-20(15(8-14)9-21)25-12-19-17-10-22-11-18(17)19/h2-8,17-19,22H,10-12H2,1H3/t17-,18+,19+. The number of ether oxygens (including phenoxy) is 1. The third kappa shape index (κ3) is 3.20. The SMILES string of the molecule is CS(=O)(=O)c1ccc(-c2ccc(OC[C@H]3[C@@H]4CNC[C@@H]43)c(C#N)c2)cc1. The second kappa shape index (κ2) is 6.42. The fourth-order valence-corrected chi connectivity index (χ4v) is 4.43. The van der Waals surface area contributed by atoms with Gasteiger partial charge < -0.3 is 10.1 Å². The molecule has 1 heterocycles. The quantitative estimate of drug-likeness (QED) is 0.877. The van der Waals surface area contributed by atoms with E-state index >= 15 is 0 Å². The molecule has 0 radical (unpaired) electrons. The highest BCUT2D eigenvalue weighted by atomic mass is 32.2. The molecule has 0 bridgehead atoms. The summed E-state index contributed by atoms with van der Waals surface area (Å²) in [6, 6.07) is 14.4. The highest BCUT2D eigenvalue weighted by Crippen LogP contribution is 2.48. The van der Waals surface area contributed by atoms with Gasteiger partial charge in [-0.05, 0) is 60.3 Å². The van der Waals surface area contributed by atoms with E-state index in [0.29, 0.717) is 23.8 Å². The minimum absolute atomic E-state index is 0.284. The van der Waals surface area contributed by atoms with Crippen molar-refractivity contribution >= 4 is 9.84 Å². The Morgan fingerprint density at radius 2 is 1.77 bits per heavy atom. The summed E-state index contributed by atoms with van der Waals surface area (Å²) in [5, 5.41) is 12.8. The summed E-state index contributed by atoms with van der Waals surface area (Å²) in [4.78, 5) is 0.284. The maximum atomic E-state index is 11.6. The van der Waals surface area contributed by atoms with E-state index in [9.17, 15) is 13.7 Å². The molecule has 0 unspecified atom stereocenters. The van der Waals surface area contributed by atoms with Crippen LogP contribution >= 0.6 is 0 Å². The van der Waals surface area contributed by atoms with Crippen molar-refractivity contribution in [1.29, 1.82) is 5.26 Å². The third-order valence-electron chi connectivity index (χ3n) is 5.42. The van der Waals surface area contributed by atoms with Gasteiger partial charge in [-0.15, -0.1) is 0 Å². The fraction of sp³-hybridized carbons (Fsp3) is 0.350. The molecule has 1 saturated heterocycles. The number of hydrogen-bond acceptors (Lipinski definition) is 5. The van der Waals surface area contributed by atoms with E-state index in [2.05, 4.69) is 11.4 Å². The zero-order chi connectivity index (χ0) is 18.3. The second-order valence-corrected chi connectivity index (χ2v) is 9.10. The number of nitrogens with one attached hydrogen (secondary N) is 1. The Hall–Kier alpha value is -2.36. The molecule has 1 aliphatic heterocycles. The molecule has 5 nitrogen and oxygen atoms in total. The normalized spacial score (nSPS) is 23.9. The summed E-state index contributed by atoms with van der Waals surface area (Å²) in [5.74, 6) is 2.68. The monoisotopic (exact) mass is 368 g/mol.